The number of nitrogens with zero attached hydrogens (tertiary/aromatic N) is 1. The number of halogens is 1. The Hall–Kier alpha value is -2.42. The molecule has 0 saturated carbocycles. The fourth-order valence-electron chi connectivity index (χ4n) is 4.44. The lowest BCUT2D eigenvalue weighted by atomic mass is 10.0. The minimum Gasteiger partial charge on any atom is -0.348 e. The summed E-state index contributed by atoms with van der Waals surface area (Å²) in [6.07, 6.45) is 2.86. The molecule has 0 spiro atoms. The van der Waals surface area contributed by atoms with E-state index in [0.29, 0.717) is 35.0 Å². The Morgan fingerprint density at radius 3 is 2.39 bits per heavy atom. The minimum atomic E-state index is -3.68. The van der Waals surface area contributed by atoms with Crippen LogP contribution in [0.5, 0.6) is 0 Å². The van der Waals surface area contributed by atoms with Gasteiger partial charge in [0.2, 0.25) is 10.0 Å². The molecule has 0 unspecified atom stereocenters. The van der Waals surface area contributed by atoms with Crippen LogP contribution >= 0.6 is 11.6 Å². The molecule has 0 aromatic heterocycles. The summed E-state index contributed by atoms with van der Waals surface area (Å²) in [5, 5.41) is 5.41. The average molecular weight is 492 g/mol. The molecule has 2 aromatic carbocycles. The summed E-state index contributed by atoms with van der Waals surface area (Å²) in [6.45, 7) is 6.23. The van der Waals surface area contributed by atoms with Gasteiger partial charge < -0.3 is 10.6 Å². The number of rotatable bonds is 6. The second kappa shape index (κ2) is 10.7. The predicted octanol–water partition coefficient (Wildman–Crippen LogP) is 3.95. The van der Waals surface area contributed by atoms with E-state index in [2.05, 4.69) is 10.6 Å². The van der Waals surface area contributed by atoms with Gasteiger partial charge in [0, 0.05) is 19.1 Å². The molecule has 1 aliphatic rings. The van der Waals surface area contributed by atoms with Crippen LogP contribution in [-0.2, 0) is 19.6 Å². The van der Waals surface area contributed by atoms with Crippen molar-refractivity contribution in [2.45, 2.75) is 57.4 Å². The van der Waals surface area contributed by atoms with Crippen LogP contribution < -0.4 is 10.6 Å². The molecule has 1 saturated heterocycles. The van der Waals surface area contributed by atoms with Crippen LogP contribution in [0.25, 0.3) is 0 Å². The Kier molecular flexibility index (Phi) is 8.15. The summed E-state index contributed by atoms with van der Waals surface area (Å²) < 4.78 is 28.7. The standard InChI is InChI=1S/C24H30ClN3O4S/c1-16-14-17(2)22(18(3)15-16)33(31,32)28-13-7-6-8-19(28)11-12-26-23(29)24(30)27-21-10-5-4-9-20(21)25/h4-5,9-10,14-15,19H,6-8,11-13H2,1-3H3,(H,26,29)(H,27,30)/t19-/m1/s1. The maximum absolute atomic E-state index is 13.6. The van der Waals surface area contributed by atoms with Gasteiger partial charge in [-0.05, 0) is 63.3 Å². The average Bonchev–Trinajstić information content (AvgIpc) is 2.74. The fourth-order valence-corrected chi connectivity index (χ4v) is 6.77. The predicted molar refractivity (Wildman–Crippen MR) is 130 cm³/mol. The molecule has 2 aromatic rings. The number of amides is 2. The van der Waals surface area contributed by atoms with Crippen molar-refractivity contribution < 1.29 is 18.0 Å². The topological polar surface area (TPSA) is 95.6 Å². The van der Waals surface area contributed by atoms with Crippen molar-refractivity contribution in [3.63, 3.8) is 0 Å². The summed E-state index contributed by atoms with van der Waals surface area (Å²) in [5.74, 6) is -1.60. The van der Waals surface area contributed by atoms with Gasteiger partial charge in [0.25, 0.3) is 0 Å². The summed E-state index contributed by atoms with van der Waals surface area (Å²) in [7, 11) is -3.68. The lowest BCUT2D eigenvalue weighted by Gasteiger charge is -2.35. The quantitative estimate of drug-likeness (QED) is 0.598. The largest absolute Gasteiger partial charge is 0.348 e. The number of anilines is 1. The number of nitrogens with one attached hydrogen (secondary N) is 2. The maximum atomic E-state index is 13.6. The molecular formula is C24H30ClN3O4S. The minimum absolute atomic E-state index is 0.192. The number of hydrogen-bond acceptors (Lipinski definition) is 4. The van der Waals surface area contributed by atoms with E-state index in [4.69, 9.17) is 11.6 Å². The highest BCUT2D eigenvalue weighted by atomic mass is 35.5. The summed E-state index contributed by atoms with van der Waals surface area (Å²) >= 11 is 6.01. The molecule has 0 aliphatic carbocycles. The van der Waals surface area contributed by atoms with Crippen LogP contribution in [0.15, 0.2) is 41.3 Å². The van der Waals surface area contributed by atoms with Crippen molar-refractivity contribution in [2.24, 2.45) is 0 Å². The van der Waals surface area contributed by atoms with Crippen molar-refractivity contribution in [2.75, 3.05) is 18.4 Å². The maximum Gasteiger partial charge on any atom is 0.313 e. The van der Waals surface area contributed by atoms with E-state index in [-0.39, 0.29) is 12.6 Å². The molecule has 178 valence electrons. The first kappa shape index (κ1) is 25.2. The monoisotopic (exact) mass is 491 g/mol. The Bertz CT molecular complexity index is 1130. The number of piperidine rings is 1. The summed E-state index contributed by atoms with van der Waals surface area (Å²) in [6, 6.07) is 10.2. The lowest BCUT2D eigenvalue weighted by Crippen LogP contribution is -2.46. The van der Waals surface area contributed by atoms with Gasteiger partial charge in [-0.15, -0.1) is 0 Å². The van der Waals surface area contributed by atoms with Crippen molar-refractivity contribution in [3.8, 4) is 0 Å². The first-order chi connectivity index (χ1) is 15.6. The van der Waals surface area contributed by atoms with Gasteiger partial charge in [0.1, 0.15) is 0 Å². The van der Waals surface area contributed by atoms with E-state index < -0.39 is 21.8 Å². The van der Waals surface area contributed by atoms with Crippen molar-refractivity contribution in [1.29, 1.82) is 0 Å². The van der Waals surface area contributed by atoms with E-state index in [9.17, 15) is 18.0 Å². The second-order valence-corrected chi connectivity index (χ2v) is 10.7. The molecule has 2 amide bonds. The van der Waals surface area contributed by atoms with Gasteiger partial charge in [-0.25, -0.2) is 8.42 Å². The Morgan fingerprint density at radius 1 is 1.06 bits per heavy atom. The SMILES string of the molecule is Cc1cc(C)c(S(=O)(=O)N2CCCC[C@@H]2CCNC(=O)C(=O)Nc2ccccc2Cl)c(C)c1. The third-order valence-electron chi connectivity index (χ3n) is 5.84. The van der Waals surface area contributed by atoms with Gasteiger partial charge >= 0.3 is 11.8 Å². The molecule has 0 radical (unpaired) electrons. The fraction of sp³-hybridized carbons (Fsp3) is 0.417. The van der Waals surface area contributed by atoms with Gasteiger partial charge in [0.05, 0.1) is 15.6 Å². The van der Waals surface area contributed by atoms with Crippen molar-refractivity contribution in [1.82, 2.24) is 9.62 Å². The van der Waals surface area contributed by atoms with Crippen molar-refractivity contribution >= 4 is 39.1 Å². The molecule has 0 bridgehead atoms. The Balaban J connectivity index is 1.65. The summed E-state index contributed by atoms with van der Waals surface area (Å²) in [4.78, 5) is 24.8. The van der Waals surface area contributed by atoms with Crippen LogP contribution in [0.3, 0.4) is 0 Å². The van der Waals surface area contributed by atoms with E-state index in [1.807, 2.05) is 32.9 Å². The number of sulfonamides is 1. The molecule has 33 heavy (non-hydrogen) atoms. The smallest absolute Gasteiger partial charge is 0.313 e. The van der Waals surface area contributed by atoms with Crippen LogP contribution in [0.1, 0.15) is 42.4 Å². The van der Waals surface area contributed by atoms with Crippen LogP contribution in [0.4, 0.5) is 5.69 Å². The number of benzene rings is 2. The zero-order valence-corrected chi connectivity index (χ0v) is 20.7. The van der Waals surface area contributed by atoms with Gasteiger partial charge in [0.15, 0.2) is 0 Å². The van der Waals surface area contributed by atoms with Crippen molar-refractivity contribution in [3.05, 3.63) is 58.1 Å². The van der Waals surface area contributed by atoms with Crippen LogP contribution in [0, 0.1) is 20.8 Å². The second-order valence-electron chi connectivity index (χ2n) is 8.47. The highest BCUT2D eigenvalue weighted by Gasteiger charge is 2.35. The molecule has 2 N–H and O–H groups in total. The van der Waals surface area contributed by atoms with E-state index in [1.54, 1.807) is 28.6 Å². The number of para-hydroxylation sites is 1. The lowest BCUT2D eigenvalue weighted by molar-refractivity contribution is -0.136. The molecule has 7 nitrogen and oxygen atoms in total. The third kappa shape index (κ3) is 5.93. The number of carbonyl (C=O) groups excluding carboxylic acids is 2. The molecule has 1 fully saturated rings. The van der Waals surface area contributed by atoms with Gasteiger partial charge in [-0.2, -0.15) is 4.31 Å². The highest BCUT2D eigenvalue weighted by molar-refractivity contribution is 7.89. The highest BCUT2D eigenvalue weighted by Crippen LogP contribution is 2.31. The molecule has 3 rings (SSSR count). The van der Waals surface area contributed by atoms with E-state index in [0.717, 1.165) is 29.5 Å². The molecule has 1 heterocycles. The van der Waals surface area contributed by atoms with Crippen LogP contribution in [0.2, 0.25) is 5.02 Å². The molecule has 1 aliphatic heterocycles. The van der Waals surface area contributed by atoms with Crippen LogP contribution in [-0.4, -0.2) is 43.7 Å². The molecule has 1 atom stereocenters. The first-order valence-corrected chi connectivity index (χ1v) is 12.9. The van der Waals surface area contributed by atoms with Gasteiger partial charge in [-0.1, -0.05) is 47.9 Å². The van der Waals surface area contributed by atoms with E-state index >= 15 is 0 Å². The Morgan fingerprint density at radius 2 is 1.73 bits per heavy atom. The van der Waals surface area contributed by atoms with E-state index in [1.165, 1.54) is 0 Å². The Labute approximate surface area is 200 Å². The number of hydrogen-bond donors (Lipinski definition) is 2. The molecular weight excluding hydrogens is 462 g/mol. The summed E-state index contributed by atoms with van der Waals surface area (Å²) in [5.41, 5.74) is 2.85. The van der Waals surface area contributed by atoms with Gasteiger partial charge in [-0.3, -0.25) is 9.59 Å². The third-order valence-corrected chi connectivity index (χ3v) is 8.42. The normalized spacial score (nSPS) is 16.9. The zero-order valence-electron chi connectivity index (χ0n) is 19.2. The number of aryl methyl sites for hydroxylation is 3. The molecule has 9 heteroatoms. The first-order valence-electron chi connectivity index (χ1n) is 11.0. The number of carbonyl (C=O) groups is 2. The zero-order chi connectivity index (χ0) is 24.2.